The van der Waals surface area contributed by atoms with Gasteiger partial charge in [-0.05, 0) is 29.7 Å². The normalized spacial score (nSPS) is 10.4. The molecule has 0 unspecified atom stereocenters. The standard InChI is InChI=1S/C15H16O2/c16-15-8-6-13(7-9-15)10-11-17-12-14-4-2-1-3-5-14/h1-9,16H,10-12H2. The van der Waals surface area contributed by atoms with E-state index in [2.05, 4.69) is 12.1 Å². The van der Waals surface area contributed by atoms with Crippen LogP contribution >= 0.6 is 0 Å². The van der Waals surface area contributed by atoms with Crippen LogP contribution in [0.15, 0.2) is 54.6 Å². The first-order chi connectivity index (χ1) is 8.34. The fraction of sp³-hybridized carbons (Fsp3) is 0.200. The van der Waals surface area contributed by atoms with Gasteiger partial charge in [0.2, 0.25) is 0 Å². The average molecular weight is 228 g/mol. The van der Waals surface area contributed by atoms with E-state index in [9.17, 15) is 0 Å². The minimum absolute atomic E-state index is 0.305. The van der Waals surface area contributed by atoms with Gasteiger partial charge in [0.1, 0.15) is 5.75 Å². The monoisotopic (exact) mass is 228 g/mol. The quantitative estimate of drug-likeness (QED) is 0.796. The van der Waals surface area contributed by atoms with Gasteiger partial charge in [0.05, 0.1) is 13.2 Å². The molecule has 0 radical (unpaired) electrons. The van der Waals surface area contributed by atoms with Crippen molar-refractivity contribution in [1.82, 2.24) is 0 Å². The van der Waals surface area contributed by atoms with Gasteiger partial charge in [-0.15, -0.1) is 0 Å². The highest BCUT2D eigenvalue weighted by molar-refractivity contribution is 5.25. The van der Waals surface area contributed by atoms with E-state index < -0.39 is 0 Å². The summed E-state index contributed by atoms with van der Waals surface area (Å²) < 4.78 is 5.59. The van der Waals surface area contributed by atoms with Crippen molar-refractivity contribution in [3.63, 3.8) is 0 Å². The van der Waals surface area contributed by atoms with Crippen LogP contribution < -0.4 is 0 Å². The third kappa shape index (κ3) is 3.93. The Bertz CT molecular complexity index is 434. The first-order valence-corrected chi connectivity index (χ1v) is 5.74. The molecule has 0 aromatic heterocycles. The van der Waals surface area contributed by atoms with Crippen molar-refractivity contribution in [3.05, 3.63) is 65.7 Å². The number of hydrogen-bond acceptors (Lipinski definition) is 2. The molecule has 1 N–H and O–H groups in total. The van der Waals surface area contributed by atoms with Crippen molar-refractivity contribution in [3.8, 4) is 5.75 Å². The molecule has 0 saturated carbocycles. The second kappa shape index (κ2) is 6.06. The number of phenolic OH excluding ortho intramolecular Hbond substituents is 1. The zero-order chi connectivity index (χ0) is 11.9. The Balaban J connectivity index is 1.71. The summed E-state index contributed by atoms with van der Waals surface area (Å²) in [6.45, 7) is 1.35. The van der Waals surface area contributed by atoms with E-state index in [1.165, 1.54) is 11.1 Å². The highest BCUT2D eigenvalue weighted by atomic mass is 16.5. The molecule has 0 amide bonds. The molecule has 2 rings (SSSR count). The zero-order valence-corrected chi connectivity index (χ0v) is 9.67. The van der Waals surface area contributed by atoms with Crippen molar-refractivity contribution >= 4 is 0 Å². The van der Waals surface area contributed by atoms with Crippen LogP contribution in [0.5, 0.6) is 5.75 Å². The van der Waals surface area contributed by atoms with Gasteiger partial charge in [-0.25, -0.2) is 0 Å². The molecule has 0 aliphatic rings. The molecule has 2 heteroatoms. The maximum absolute atomic E-state index is 9.15. The summed E-state index contributed by atoms with van der Waals surface area (Å²) in [5.41, 5.74) is 2.37. The van der Waals surface area contributed by atoms with Gasteiger partial charge >= 0.3 is 0 Å². The van der Waals surface area contributed by atoms with Crippen LogP contribution in [0.4, 0.5) is 0 Å². The largest absolute Gasteiger partial charge is 0.508 e. The van der Waals surface area contributed by atoms with Crippen LogP contribution in [0.2, 0.25) is 0 Å². The highest BCUT2D eigenvalue weighted by Crippen LogP contribution is 2.10. The number of aromatic hydroxyl groups is 1. The Morgan fingerprint density at radius 2 is 1.53 bits per heavy atom. The lowest BCUT2D eigenvalue weighted by Gasteiger charge is -2.04. The fourth-order valence-electron chi connectivity index (χ4n) is 1.62. The van der Waals surface area contributed by atoms with E-state index in [0.717, 1.165) is 6.42 Å². The second-order valence-electron chi connectivity index (χ2n) is 3.95. The molecule has 2 nitrogen and oxygen atoms in total. The van der Waals surface area contributed by atoms with Gasteiger partial charge in [-0.3, -0.25) is 0 Å². The molecule has 2 aromatic carbocycles. The summed E-state index contributed by atoms with van der Waals surface area (Å²) in [7, 11) is 0. The average Bonchev–Trinajstić information content (AvgIpc) is 2.38. The lowest BCUT2D eigenvalue weighted by molar-refractivity contribution is 0.124. The van der Waals surface area contributed by atoms with E-state index in [1.807, 2.05) is 30.3 Å². The second-order valence-corrected chi connectivity index (χ2v) is 3.95. The molecular formula is C15H16O2. The van der Waals surface area contributed by atoms with Crippen LogP contribution in [0, 0.1) is 0 Å². The maximum atomic E-state index is 9.15. The summed E-state index contributed by atoms with van der Waals surface area (Å²) in [6.07, 6.45) is 0.868. The van der Waals surface area contributed by atoms with Crippen LogP contribution in [-0.2, 0) is 17.8 Å². The number of hydrogen-bond donors (Lipinski definition) is 1. The third-order valence-electron chi connectivity index (χ3n) is 2.58. The molecule has 0 spiro atoms. The van der Waals surface area contributed by atoms with Gasteiger partial charge in [-0.2, -0.15) is 0 Å². The van der Waals surface area contributed by atoms with Crippen molar-refractivity contribution in [2.24, 2.45) is 0 Å². The Morgan fingerprint density at radius 3 is 2.24 bits per heavy atom. The molecule has 0 aliphatic carbocycles. The van der Waals surface area contributed by atoms with Crippen LogP contribution in [0.25, 0.3) is 0 Å². The molecular weight excluding hydrogens is 212 g/mol. The van der Waals surface area contributed by atoms with Crippen LogP contribution in [0.1, 0.15) is 11.1 Å². The Labute approximate surface area is 101 Å². The Kier molecular flexibility index (Phi) is 4.17. The van der Waals surface area contributed by atoms with E-state index in [0.29, 0.717) is 19.0 Å². The topological polar surface area (TPSA) is 29.5 Å². The summed E-state index contributed by atoms with van der Waals surface area (Å²) in [6, 6.07) is 17.4. The van der Waals surface area contributed by atoms with Crippen LogP contribution in [0.3, 0.4) is 0 Å². The van der Waals surface area contributed by atoms with Gasteiger partial charge in [0.15, 0.2) is 0 Å². The minimum Gasteiger partial charge on any atom is -0.508 e. The molecule has 0 saturated heterocycles. The number of rotatable bonds is 5. The first kappa shape index (κ1) is 11.7. The fourth-order valence-corrected chi connectivity index (χ4v) is 1.62. The van der Waals surface area contributed by atoms with Crippen molar-refractivity contribution in [1.29, 1.82) is 0 Å². The van der Waals surface area contributed by atoms with Crippen LogP contribution in [-0.4, -0.2) is 11.7 Å². The molecule has 0 bridgehead atoms. The molecule has 17 heavy (non-hydrogen) atoms. The van der Waals surface area contributed by atoms with E-state index in [-0.39, 0.29) is 0 Å². The molecule has 0 aliphatic heterocycles. The van der Waals surface area contributed by atoms with E-state index >= 15 is 0 Å². The van der Waals surface area contributed by atoms with Crippen molar-refractivity contribution in [2.75, 3.05) is 6.61 Å². The smallest absolute Gasteiger partial charge is 0.115 e. The van der Waals surface area contributed by atoms with E-state index in [4.69, 9.17) is 9.84 Å². The molecule has 0 atom stereocenters. The zero-order valence-electron chi connectivity index (χ0n) is 9.67. The SMILES string of the molecule is Oc1ccc(CCOCc2ccccc2)cc1. The minimum atomic E-state index is 0.305. The molecule has 0 heterocycles. The van der Waals surface area contributed by atoms with Gasteiger partial charge in [-0.1, -0.05) is 42.5 Å². The number of ether oxygens (including phenoxy) is 1. The Hall–Kier alpha value is -1.80. The summed E-state index contributed by atoms with van der Waals surface area (Å²) in [4.78, 5) is 0. The number of benzene rings is 2. The van der Waals surface area contributed by atoms with Crippen molar-refractivity contribution in [2.45, 2.75) is 13.0 Å². The molecule has 0 fully saturated rings. The predicted molar refractivity (Wildman–Crippen MR) is 67.9 cm³/mol. The van der Waals surface area contributed by atoms with Gasteiger partial charge < -0.3 is 9.84 Å². The van der Waals surface area contributed by atoms with Gasteiger partial charge in [0.25, 0.3) is 0 Å². The highest BCUT2D eigenvalue weighted by Gasteiger charge is 1.95. The number of phenols is 1. The molecule has 2 aromatic rings. The van der Waals surface area contributed by atoms with E-state index in [1.54, 1.807) is 12.1 Å². The summed E-state index contributed by atoms with van der Waals surface area (Å²) >= 11 is 0. The first-order valence-electron chi connectivity index (χ1n) is 5.74. The summed E-state index contributed by atoms with van der Waals surface area (Å²) in [5.74, 6) is 0.305. The lowest BCUT2D eigenvalue weighted by atomic mass is 10.1. The Morgan fingerprint density at radius 1 is 0.824 bits per heavy atom. The summed E-state index contributed by atoms with van der Waals surface area (Å²) in [5, 5.41) is 9.15. The van der Waals surface area contributed by atoms with Crippen molar-refractivity contribution < 1.29 is 9.84 Å². The lowest BCUT2D eigenvalue weighted by Crippen LogP contribution is -1.98. The maximum Gasteiger partial charge on any atom is 0.115 e. The predicted octanol–water partition coefficient (Wildman–Crippen LogP) is 3.15. The van der Waals surface area contributed by atoms with Gasteiger partial charge in [0, 0.05) is 0 Å². The third-order valence-corrected chi connectivity index (χ3v) is 2.58. The molecule has 88 valence electrons.